The summed E-state index contributed by atoms with van der Waals surface area (Å²) < 4.78 is 7.13. The molecule has 0 spiro atoms. The van der Waals surface area contributed by atoms with Crippen LogP contribution < -0.4 is 0 Å². The Labute approximate surface area is 173 Å². The van der Waals surface area contributed by atoms with Gasteiger partial charge in [0.2, 0.25) is 0 Å². The fraction of sp³-hybridized carbons (Fsp3) is 0.217. The molecule has 2 heterocycles. The summed E-state index contributed by atoms with van der Waals surface area (Å²) in [6, 6.07) is 8.99. The molecule has 7 nitrogen and oxygen atoms in total. The zero-order valence-corrected chi connectivity index (χ0v) is 17.0. The van der Waals surface area contributed by atoms with Crippen molar-refractivity contribution in [1.82, 2.24) is 9.55 Å². The fourth-order valence-corrected chi connectivity index (χ4v) is 3.31. The van der Waals surface area contributed by atoms with Crippen molar-refractivity contribution >= 4 is 22.8 Å². The number of hydrogen-bond donors (Lipinski definition) is 1. The van der Waals surface area contributed by atoms with Crippen LogP contribution in [0.1, 0.15) is 41.4 Å². The van der Waals surface area contributed by atoms with E-state index in [2.05, 4.69) is 17.6 Å². The number of pyridine rings is 1. The molecule has 2 aromatic heterocycles. The maximum absolute atomic E-state index is 11.7. The van der Waals surface area contributed by atoms with E-state index in [1.165, 1.54) is 12.3 Å². The van der Waals surface area contributed by atoms with E-state index in [0.29, 0.717) is 22.4 Å². The van der Waals surface area contributed by atoms with Crippen molar-refractivity contribution in [3.8, 4) is 17.3 Å². The maximum Gasteiger partial charge on any atom is 0.336 e. The quantitative estimate of drug-likeness (QED) is 0.487. The topological polar surface area (TPSA) is 105 Å². The van der Waals surface area contributed by atoms with E-state index < -0.39 is 11.9 Å². The second-order valence-corrected chi connectivity index (χ2v) is 7.16. The lowest BCUT2D eigenvalue weighted by molar-refractivity contribution is -0.139. The van der Waals surface area contributed by atoms with Crippen LogP contribution in [0, 0.1) is 18.3 Å². The molecule has 1 N–H and O–H groups in total. The second kappa shape index (κ2) is 8.21. The number of hydrogen-bond acceptors (Lipinski definition) is 5. The number of nitriles is 1. The van der Waals surface area contributed by atoms with Crippen LogP contribution in [-0.4, -0.2) is 33.2 Å². The largest absolute Gasteiger partial charge is 0.478 e. The van der Waals surface area contributed by atoms with E-state index >= 15 is 0 Å². The molecule has 3 aromatic rings. The normalized spacial score (nSPS) is 11.7. The molecule has 0 aliphatic carbocycles. The molecule has 152 valence electrons. The Balaban J connectivity index is 2.03. The number of carboxylic acid groups (broad SMARTS) is 1. The van der Waals surface area contributed by atoms with Gasteiger partial charge in [0.05, 0.1) is 22.9 Å². The van der Waals surface area contributed by atoms with E-state index in [4.69, 9.17) is 4.74 Å². The van der Waals surface area contributed by atoms with Gasteiger partial charge in [-0.15, -0.1) is 0 Å². The van der Waals surface area contributed by atoms with Gasteiger partial charge in [0.1, 0.15) is 12.7 Å². The molecule has 30 heavy (non-hydrogen) atoms. The second-order valence-electron chi connectivity index (χ2n) is 7.16. The van der Waals surface area contributed by atoms with E-state index in [-0.39, 0.29) is 18.2 Å². The summed E-state index contributed by atoms with van der Waals surface area (Å²) in [4.78, 5) is 27.5. The highest BCUT2D eigenvalue weighted by Crippen LogP contribution is 2.31. The summed E-state index contributed by atoms with van der Waals surface area (Å²) in [5.74, 6) is -1.47. The van der Waals surface area contributed by atoms with Gasteiger partial charge in [-0.1, -0.05) is 12.6 Å². The number of esters is 1. The number of benzene rings is 1. The lowest BCUT2D eigenvalue weighted by Crippen LogP contribution is -2.15. The maximum atomic E-state index is 11.7. The smallest absolute Gasteiger partial charge is 0.336 e. The minimum absolute atomic E-state index is 0.142. The Morgan fingerprint density at radius 1 is 1.37 bits per heavy atom. The van der Waals surface area contributed by atoms with Crippen molar-refractivity contribution in [2.75, 3.05) is 6.61 Å². The Morgan fingerprint density at radius 2 is 2.10 bits per heavy atom. The van der Waals surface area contributed by atoms with Gasteiger partial charge < -0.3 is 14.4 Å². The third-order valence-corrected chi connectivity index (χ3v) is 4.94. The Morgan fingerprint density at radius 3 is 2.73 bits per heavy atom. The fourth-order valence-electron chi connectivity index (χ4n) is 3.31. The molecule has 0 aliphatic heterocycles. The molecule has 3 rings (SSSR count). The van der Waals surface area contributed by atoms with Gasteiger partial charge in [-0.25, -0.2) is 9.59 Å². The highest BCUT2D eigenvalue weighted by atomic mass is 16.5. The Bertz CT molecular complexity index is 1220. The molecule has 7 heteroatoms. The summed E-state index contributed by atoms with van der Waals surface area (Å²) in [6.07, 6.45) is 3.19. The lowest BCUT2D eigenvalue weighted by Gasteiger charge is -2.16. The minimum atomic E-state index is -1.01. The molecule has 1 aromatic carbocycles. The predicted octanol–water partition coefficient (Wildman–Crippen LogP) is 4.26. The molecular weight excluding hydrogens is 382 g/mol. The molecule has 0 saturated heterocycles. The van der Waals surface area contributed by atoms with E-state index in [1.807, 2.05) is 29.7 Å². The monoisotopic (exact) mass is 403 g/mol. The first-order valence-electron chi connectivity index (χ1n) is 9.31. The van der Waals surface area contributed by atoms with Crippen LogP contribution in [0.25, 0.3) is 22.2 Å². The van der Waals surface area contributed by atoms with Gasteiger partial charge in [0.15, 0.2) is 0 Å². The van der Waals surface area contributed by atoms with Gasteiger partial charge in [-0.05, 0) is 44.5 Å². The SMILES string of the molecule is C=C(C)C(=O)OCC(C)n1cc(C#N)c2cc(-c3nccc(C(=O)O)c3C)ccc21. The third-order valence-electron chi connectivity index (χ3n) is 4.94. The number of rotatable bonds is 6. The van der Waals surface area contributed by atoms with Crippen molar-refractivity contribution in [1.29, 1.82) is 5.26 Å². The molecule has 0 radical (unpaired) electrons. The highest BCUT2D eigenvalue weighted by Gasteiger charge is 2.18. The molecule has 0 bridgehead atoms. The molecule has 0 aliphatic rings. The Hall–Kier alpha value is -3.92. The van der Waals surface area contributed by atoms with Crippen molar-refractivity contribution in [3.05, 3.63) is 65.5 Å². The van der Waals surface area contributed by atoms with Crippen LogP contribution >= 0.6 is 0 Å². The number of aromatic nitrogens is 2. The average molecular weight is 403 g/mol. The number of ether oxygens (including phenoxy) is 1. The van der Waals surface area contributed by atoms with E-state index in [1.54, 1.807) is 20.0 Å². The zero-order valence-electron chi connectivity index (χ0n) is 17.0. The first-order valence-corrected chi connectivity index (χ1v) is 9.31. The number of fused-ring (bicyclic) bond motifs is 1. The molecule has 1 atom stereocenters. The van der Waals surface area contributed by atoms with Crippen LogP contribution in [-0.2, 0) is 9.53 Å². The Kier molecular flexibility index (Phi) is 5.70. The minimum Gasteiger partial charge on any atom is -0.478 e. The van der Waals surface area contributed by atoms with E-state index in [0.717, 1.165) is 16.5 Å². The molecule has 0 amide bonds. The van der Waals surface area contributed by atoms with Crippen LogP contribution in [0.5, 0.6) is 0 Å². The van der Waals surface area contributed by atoms with Gasteiger partial charge in [0.25, 0.3) is 0 Å². The van der Waals surface area contributed by atoms with Crippen LogP contribution in [0.2, 0.25) is 0 Å². The van der Waals surface area contributed by atoms with Crippen molar-refractivity contribution < 1.29 is 19.4 Å². The average Bonchev–Trinajstić information content (AvgIpc) is 3.09. The summed E-state index contributed by atoms with van der Waals surface area (Å²) in [5.41, 5.74) is 3.62. The van der Waals surface area contributed by atoms with Gasteiger partial charge >= 0.3 is 11.9 Å². The lowest BCUT2D eigenvalue weighted by atomic mass is 10.0. The zero-order chi connectivity index (χ0) is 22.0. The number of nitrogens with zero attached hydrogens (tertiary/aromatic N) is 3. The highest BCUT2D eigenvalue weighted by molar-refractivity contribution is 5.94. The van der Waals surface area contributed by atoms with Crippen molar-refractivity contribution in [3.63, 3.8) is 0 Å². The van der Waals surface area contributed by atoms with E-state index in [9.17, 15) is 20.0 Å². The van der Waals surface area contributed by atoms with Crippen molar-refractivity contribution in [2.24, 2.45) is 0 Å². The number of carbonyl (C=O) groups excluding carboxylic acids is 1. The molecule has 0 fully saturated rings. The summed E-state index contributed by atoms with van der Waals surface area (Å²) in [5, 5.41) is 19.7. The summed E-state index contributed by atoms with van der Waals surface area (Å²) in [7, 11) is 0. The third kappa shape index (κ3) is 3.80. The van der Waals surface area contributed by atoms with Crippen molar-refractivity contribution in [2.45, 2.75) is 26.8 Å². The summed E-state index contributed by atoms with van der Waals surface area (Å²) in [6.45, 7) is 8.90. The first-order chi connectivity index (χ1) is 14.2. The molecule has 1 unspecified atom stereocenters. The number of carboxylic acids is 1. The predicted molar refractivity (Wildman–Crippen MR) is 112 cm³/mol. The van der Waals surface area contributed by atoms with Crippen LogP contribution in [0.15, 0.2) is 48.8 Å². The van der Waals surface area contributed by atoms with Crippen LogP contribution in [0.4, 0.5) is 0 Å². The molecular formula is C23H21N3O4. The van der Waals surface area contributed by atoms with Crippen LogP contribution in [0.3, 0.4) is 0 Å². The summed E-state index contributed by atoms with van der Waals surface area (Å²) >= 11 is 0. The standard InChI is InChI=1S/C23H21N3O4/c1-13(2)23(29)30-12-14(3)26-11-17(10-24)19-9-16(5-6-20(19)26)21-15(4)18(22(27)28)7-8-25-21/h5-9,11,14H,1,12H2,2-4H3,(H,27,28). The molecule has 0 saturated carbocycles. The first kappa shape index (κ1) is 20.8. The number of aromatic carboxylic acids is 1. The van der Waals surface area contributed by atoms with Gasteiger partial charge in [-0.2, -0.15) is 5.26 Å². The number of carbonyl (C=O) groups is 2. The van der Waals surface area contributed by atoms with Gasteiger partial charge in [0, 0.05) is 34.4 Å². The van der Waals surface area contributed by atoms with Gasteiger partial charge in [-0.3, -0.25) is 4.98 Å².